The van der Waals surface area contributed by atoms with E-state index < -0.39 is 5.54 Å². The van der Waals surface area contributed by atoms with Crippen molar-refractivity contribution in [2.24, 2.45) is 0 Å². The lowest BCUT2D eigenvalue weighted by atomic mass is 9.92. The van der Waals surface area contributed by atoms with Crippen molar-refractivity contribution in [1.82, 2.24) is 10.6 Å². The molecule has 0 spiro atoms. The van der Waals surface area contributed by atoms with Crippen LogP contribution in [0, 0.1) is 6.92 Å². The molecule has 3 rings (SSSR count). The number of aryl methyl sites for hydroxylation is 1. The van der Waals surface area contributed by atoms with Crippen LogP contribution in [0.2, 0.25) is 0 Å². The van der Waals surface area contributed by atoms with Crippen molar-refractivity contribution in [3.05, 3.63) is 35.4 Å². The summed E-state index contributed by atoms with van der Waals surface area (Å²) in [6, 6.07) is 8.29. The number of urea groups is 1. The molecule has 22 heavy (non-hydrogen) atoms. The largest absolute Gasteiger partial charge is 0.394 e. The number of nitrogens with one attached hydrogen (secondary N) is 2. The highest BCUT2D eigenvalue weighted by atomic mass is 16.3. The van der Waals surface area contributed by atoms with Gasteiger partial charge in [-0.05, 0) is 43.7 Å². The van der Waals surface area contributed by atoms with Crippen LogP contribution in [0.1, 0.15) is 49.7 Å². The topological polar surface area (TPSA) is 61.4 Å². The Morgan fingerprint density at radius 1 is 1.18 bits per heavy atom. The Morgan fingerprint density at radius 3 is 2.45 bits per heavy atom. The summed E-state index contributed by atoms with van der Waals surface area (Å²) in [4.78, 5) is 12.2. The number of carbonyl (C=O) groups is 1. The zero-order valence-electron chi connectivity index (χ0n) is 13.3. The number of carbonyl (C=O) groups excluding carboxylic acids is 1. The highest BCUT2D eigenvalue weighted by Crippen LogP contribution is 2.48. The lowest BCUT2D eigenvalue weighted by Gasteiger charge is -2.28. The molecule has 2 saturated carbocycles. The molecule has 4 nitrogen and oxygen atoms in total. The normalized spacial score (nSPS) is 21.4. The molecule has 2 amide bonds. The van der Waals surface area contributed by atoms with Gasteiger partial charge in [0.15, 0.2) is 0 Å². The van der Waals surface area contributed by atoms with Gasteiger partial charge in [0.25, 0.3) is 0 Å². The average Bonchev–Trinajstić information content (AvgIpc) is 3.17. The van der Waals surface area contributed by atoms with E-state index in [0.717, 1.165) is 38.5 Å². The predicted octanol–water partition coefficient (Wildman–Crippen LogP) is 2.63. The lowest BCUT2D eigenvalue weighted by molar-refractivity contribution is 0.162. The third-order valence-electron chi connectivity index (χ3n) is 5.40. The van der Waals surface area contributed by atoms with Crippen LogP contribution >= 0.6 is 0 Å². The Kier molecular flexibility index (Phi) is 4.13. The molecule has 4 heteroatoms. The zero-order valence-corrected chi connectivity index (χ0v) is 13.3. The standard InChI is InChI=1S/C18H26N2O2/c1-14-6-2-3-7-15(14)17(10-11-17)12-19-16(22)20-18(13-21)8-4-5-9-18/h2-3,6-7,21H,4-5,8-13H2,1H3,(H2,19,20,22). The summed E-state index contributed by atoms with van der Waals surface area (Å²) in [7, 11) is 0. The van der Waals surface area contributed by atoms with E-state index in [4.69, 9.17) is 0 Å². The second kappa shape index (κ2) is 5.92. The summed E-state index contributed by atoms with van der Waals surface area (Å²) in [5.41, 5.74) is 2.37. The van der Waals surface area contributed by atoms with Crippen LogP contribution in [-0.4, -0.2) is 29.8 Å². The van der Waals surface area contributed by atoms with E-state index in [1.807, 2.05) is 0 Å². The number of aliphatic hydroxyl groups excluding tert-OH is 1. The minimum absolute atomic E-state index is 0.0311. The van der Waals surface area contributed by atoms with Gasteiger partial charge in [-0.15, -0.1) is 0 Å². The van der Waals surface area contributed by atoms with E-state index in [9.17, 15) is 9.90 Å². The molecule has 0 radical (unpaired) electrons. The van der Waals surface area contributed by atoms with Gasteiger partial charge in [0.1, 0.15) is 0 Å². The fourth-order valence-electron chi connectivity index (χ4n) is 3.77. The maximum atomic E-state index is 12.2. The van der Waals surface area contributed by atoms with E-state index in [-0.39, 0.29) is 18.1 Å². The second-order valence-corrected chi connectivity index (χ2v) is 7.05. The van der Waals surface area contributed by atoms with Gasteiger partial charge in [-0.2, -0.15) is 0 Å². The molecular formula is C18H26N2O2. The van der Waals surface area contributed by atoms with Gasteiger partial charge in [0.05, 0.1) is 12.1 Å². The van der Waals surface area contributed by atoms with E-state index in [1.165, 1.54) is 11.1 Å². The van der Waals surface area contributed by atoms with Crippen molar-refractivity contribution >= 4 is 6.03 Å². The fraction of sp³-hybridized carbons (Fsp3) is 0.611. The first kappa shape index (κ1) is 15.3. The molecule has 120 valence electrons. The summed E-state index contributed by atoms with van der Waals surface area (Å²) in [6.07, 6.45) is 6.16. The Morgan fingerprint density at radius 2 is 1.86 bits per heavy atom. The number of rotatable bonds is 5. The Labute approximate surface area is 132 Å². The van der Waals surface area contributed by atoms with Crippen LogP contribution in [0.25, 0.3) is 0 Å². The highest BCUT2D eigenvalue weighted by Gasteiger charge is 2.45. The van der Waals surface area contributed by atoms with E-state index >= 15 is 0 Å². The molecule has 0 heterocycles. The van der Waals surface area contributed by atoms with Crippen molar-refractivity contribution in [2.45, 2.75) is 56.4 Å². The maximum Gasteiger partial charge on any atom is 0.315 e. The number of hydrogen-bond acceptors (Lipinski definition) is 2. The van der Waals surface area contributed by atoms with Gasteiger partial charge in [0, 0.05) is 12.0 Å². The molecule has 0 aromatic heterocycles. The molecule has 1 aromatic rings. The average molecular weight is 302 g/mol. The van der Waals surface area contributed by atoms with E-state index in [1.54, 1.807) is 0 Å². The number of hydrogen-bond donors (Lipinski definition) is 3. The molecule has 0 saturated heterocycles. The Hall–Kier alpha value is -1.55. The highest BCUT2D eigenvalue weighted by molar-refractivity contribution is 5.75. The van der Waals surface area contributed by atoms with Crippen LogP contribution in [0.5, 0.6) is 0 Å². The monoisotopic (exact) mass is 302 g/mol. The molecular weight excluding hydrogens is 276 g/mol. The first-order chi connectivity index (χ1) is 10.6. The van der Waals surface area contributed by atoms with Crippen molar-refractivity contribution in [3.8, 4) is 0 Å². The summed E-state index contributed by atoms with van der Waals surface area (Å²) in [6.45, 7) is 2.84. The van der Waals surface area contributed by atoms with Gasteiger partial charge in [0.2, 0.25) is 0 Å². The van der Waals surface area contributed by atoms with Crippen LogP contribution in [-0.2, 0) is 5.41 Å². The van der Waals surface area contributed by atoms with Gasteiger partial charge < -0.3 is 15.7 Å². The van der Waals surface area contributed by atoms with Gasteiger partial charge in [-0.25, -0.2) is 4.79 Å². The lowest BCUT2D eigenvalue weighted by Crippen LogP contribution is -2.53. The first-order valence-electron chi connectivity index (χ1n) is 8.32. The van der Waals surface area contributed by atoms with Crippen LogP contribution < -0.4 is 10.6 Å². The molecule has 0 bridgehead atoms. The van der Waals surface area contributed by atoms with Crippen LogP contribution in [0.3, 0.4) is 0 Å². The molecule has 0 aliphatic heterocycles. The fourth-order valence-corrected chi connectivity index (χ4v) is 3.77. The van der Waals surface area contributed by atoms with Gasteiger partial charge >= 0.3 is 6.03 Å². The van der Waals surface area contributed by atoms with E-state index in [0.29, 0.717) is 6.54 Å². The summed E-state index contributed by atoms with van der Waals surface area (Å²) >= 11 is 0. The number of aliphatic hydroxyl groups is 1. The molecule has 1 aromatic carbocycles. The van der Waals surface area contributed by atoms with Crippen molar-refractivity contribution in [2.75, 3.05) is 13.2 Å². The third kappa shape index (κ3) is 2.98. The molecule has 0 atom stereocenters. The smallest absolute Gasteiger partial charge is 0.315 e. The third-order valence-corrected chi connectivity index (χ3v) is 5.40. The van der Waals surface area contributed by atoms with E-state index in [2.05, 4.69) is 41.8 Å². The SMILES string of the molecule is Cc1ccccc1C1(CNC(=O)NC2(CO)CCCC2)CC1. The zero-order chi connectivity index (χ0) is 15.6. The molecule has 3 N–H and O–H groups in total. The van der Waals surface area contributed by atoms with Gasteiger partial charge in [-0.3, -0.25) is 0 Å². The van der Waals surface area contributed by atoms with Gasteiger partial charge in [-0.1, -0.05) is 37.1 Å². The molecule has 2 aliphatic rings. The summed E-state index contributed by atoms with van der Waals surface area (Å²) in [5, 5.41) is 15.6. The predicted molar refractivity (Wildman–Crippen MR) is 86.9 cm³/mol. The van der Waals surface area contributed by atoms with Crippen molar-refractivity contribution < 1.29 is 9.90 Å². The van der Waals surface area contributed by atoms with Crippen LogP contribution in [0.4, 0.5) is 4.79 Å². The number of amides is 2. The Bertz CT molecular complexity index is 546. The Balaban J connectivity index is 1.58. The quantitative estimate of drug-likeness (QED) is 0.783. The minimum atomic E-state index is -0.399. The van der Waals surface area contributed by atoms with Crippen LogP contribution in [0.15, 0.2) is 24.3 Å². The van der Waals surface area contributed by atoms with Crippen molar-refractivity contribution in [3.63, 3.8) is 0 Å². The summed E-state index contributed by atoms with van der Waals surface area (Å²) in [5.74, 6) is 0. The molecule has 2 aliphatic carbocycles. The first-order valence-corrected chi connectivity index (χ1v) is 8.32. The number of benzene rings is 1. The maximum absolute atomic E-state index is 12.2. The van der Waals surface area contributed by atoms with Crippen molar-refractivity contribution in [1.29, 1.82) is 0 Å². The second-order valence-electron chi connectivity index (χ2n) is 7.05. The minimum Gasteiger partial charge on any atom is -0.394 e. The molecule has 0 unspecified atom stereocenters. The summed E-state index contributed by atoms with van der Waals surface area (Å²) < 4.78 is 0. The molecule has 2 fully saturated rings.